The monoisotopic (exact) mass is 487 g/mol. The van der Waals surface area contributed by atoms with E-state index in [1.54, 1.807) is 42.4 Å². The van der Waals surface area contributed by atoms with Crippen LogP contribution in [-0.2, 0) is 11.2 Å². The molecule has 1 saturated carbocycles. The quantitative estimate of drug-likeness (QED) is 0.354. The van der Waals surface area contributed by atoms with Crippen molar-refractivity contribution in [3.05, 3.63) is 83.4 Å². The number of hydrogen-bond acceptors (Lipinski definition) is 5. The van der Waals surface area contributed by atoms with Crippen molar-refractivity contribution in [1.29, 1.82) is 0 Å². The lowest BCUT2D eigenvalue weighted by Gasteiger charge is -2.43. The molecule has 176 valence electrons. The third kappa shape index (κ3) is 3.90. The molecule has 0 N–H and O–H groups in total. The lowest BCUT2D eigenvalue weighted by atomic mass is 9.75. The van der Waals surface area contributed by atoms with E-state index in [0.717, 1.165) is 12.0 Å². The first-order valence-electron chi connectivity index (χ1n) is 11.3. The maximum absolute atomic E-state index is 15.0. The fraction of sp³-hybridized carbons (Fsp3) is 0.269. The van der Waals surface area contributed by atoms with Crippen LogP contribution in [0.1, 0.15) is 30.4 Å². The van der Waals surface area contributed by atoms with Gasteiger partial charge in [0.15, 0.2) is 16.7 Å². The number of amides is 1. The van der Waals surface area contributed by atoms with Crippen molar-refractivity contribution in [2.24, 2.45) is 0 Å². The third-order valence-electron chi connectivity index (χ3n) is 6.56. The van der Waals surface area contributed by atoms with Gasteiger partial charge in [-0.15, -0.1) is 4.98 Å². The van der Waals surface area contributed by atoms with E-state index < -0.39 is 11.4 Å². The van der Waals surface area contributed by atoms with Crippen LogP contribution in [0.15, 0.2) is 55.0 Å². The highest BCUT2D eigenvalue weighted by atomic mass is 32.1. The summed E-state index contributed by atoms with van der Waals surface area (Å²) in [5, 5.41) is 0.275. The Morgan fingerprint density at radius 3 is 2.60 bits per heavy atom. The predicted molar refractivity (Wildman–Crippen MR) is 134 cm³/mol. The molecule has 0 radical (unpaired) electrons. The highest BCUT2D eigenvalue weighted by Gasteiger charge is 2.59. The molecule has 0 atom stereocenters. The Hall–Kier alpha value is -3.90. The number of halogens is 1. The molecule has 1 aliphatic carbocycles. The van der Waals surface area contributed by atoms with Crippen LogP contribution < -0.4 is 14.5 Å². The van der Waals surface area contributed by atoms with Gasteiger partial charge in [0.1, 0.15) is 11.7 Å². The van der Waals surface area contributed by atoms with Gasteiger partial charge in [-0.3, -0.25) is 14.7 Å². The zero-order valence-corrected chi connectivity index (χ0v) is 19.9. The average Bonchev–Trinajstić information content (AvgIpc) is 3.07. The number of nitrogens with zero attached hydrogens (tertiary/aromatic N) is 5. The molecule has 7 nitrogen and oxygen atoms in total. The molecule has 0 unspecified atom stereocenters. The molecule has 0 bridgehead atoms. The van der Waals surface area contributed by atoms with Gasteiger partial charge in [0, 0.05) is 30.6 Å². The van der Waals surface area contributed by atoms with Crippen molar-refractivity contribution in [1.82, 2.24) is 9.97 Å². The second-order valence-corrected chi connectivity index (χ2v) is 9.02. The summed E-state index contributed by atoms with van der Waals surface area (Å²) in [5.41, 5.74) is 1.90. The number of pyridine rings is 2. The number of ether oxygens (including phenoxy) is 1. The first-order valence-corrected chi connectivity index (χ1v) is 11.7. The molecular weight excluding hydrogens is 465 g/mol. The zero-order valence-electron chi connectivity index (χ0n) is 19.1. The van der Waals surface area contributed by atoms with E-state index in [2.05, 4.69) is 14.8 Å². The predicted octanol–water partition coefficient (Wildman–Crippen LogP) is 5.16. The highest BCUT2D eigenvalue weighted by molar-refractivity contribution is 7.81. The lowest BCUT2D eigenvalue weighted by molar-refractivity contribution is -0.123. The number of aromatic nitrogens is 2. The molecule has 1 aliphatic heterocycles. The third-order valence-corrected chi connectivity index (χ3v) is 6.93. The SMILES string of the molecule is [C-]#[N+]c1ncc(N2C(=O)C3(CCC3)N(c3ccc(OCCc4ccncc4)c(F)c3)C2=S)cc1C. The van der Waals surface area contributed by atoms with Gasteiger partial charge in [0.25, 0.3) is 11.7 Å². The van der Waals surface area contributed by atoms with E-state index >= 15 is 4.39 Å². The summed E-state index contributed by atoms with van der Waals surface area (Å²) in [5.74, 6) is -0.237. The van der Waals surface area contributed by atoms with Gasteiger partial charge in [0.05, 0.1) is 12.3 Å². The Balaban J connectivity index is 1.40. The summed E-state index contributed by atoms with van der Waals surface area (Å²) in [6, 6.07) is 10.2. The highest BCUT2D eigenvalue weighted by Crippen LogP contribution is 2.48. The number of hydrogen-bond donors (Lipinski definition) is 0. The normalized spacial score (nSPS) is 16.4. The number of carbonyl (C=O) groups excluding carboxylic acids is 1. The number of aryl methyl sites for hydroxylation is 1. The molecule has 5 rings (SSSR count). The van der Waals surface area contributed by atoms with Crippen LogP contribution in [-0.4, -0.2) is 33.1 Å². The van der Waals surface area contributed by atoms with Gasteiger partial charge < -0.3 is 14.5 Å². The van der Waals surface area contributed by atoms with Crippen LogP contribution in [0, 0.1) is 19.3 Å². The van der Waals surface area contributed by atoms with Gasteiger partial charge >= 0.3 is 0 Å². The van der Waals surface area contributed by atoms with Gasteiger partial charge in [-0.1, -0.05) is 6.57 Å². The van der Waals surface area contributed by atoms with Crippen molar-refractivity contribution in [2.45, 2.75) is 38.1 Å². The molecule has 9 heteroatoms. The van der Waals surface area contributed by atoms with Gasteiger partial charge in [0.2, 0.25) is 0 Å². The van der Waals surface area contributed by atoms with E-state index in [9.17, 15) is 4.79 Å². The van der Waals surface area contributed by atoms with E-state index in [0.29, 0.717) is 42.8 Å². The molecule has 3 heterocycles. The van der Waals surface area contributed by atoms with Crippen LogP contribution in [0.2, 0.25) is 0 Å². The van der Waals surface area contributed by atoms with Crippen molar-refractivity contribution in [3.63, 3.8) is 0 Å². The maximum Gasteiger partial charge on any atom is 0.272 e. The Morgan fingerprint density at radius 2 is 1.97 bits per heavy atom. The Labute approximate surface area is 208 Å². The summed E-state index contributed by atoms with van der Waals surface area (Å²) >= 11 is 5.74. The van der Waals surface area contributed by atoms with Crippen molar-refractivity contribution < 1.29 is 13.9 Å². The largest absolute Gasteiger partial charge is 0.490 e. The van der Waals surface area contributed by atoms with E-state index in [1.165, 1.54) is 17.2 Å². The maximum atomic E-state index is 15.0. The van der Waals surface area contributed by atoms with Crippen LogP contribution in [0.5, 0.6) is 5.75 Å². The smallest absolute Gasteiger partial charge is 0.272 e. The molecular formula is C26H22FN5O2S. The fourth-order valence-corrected chi connectivity index (χ4v) is 5.04. The Bertz CT molecular complexity index is 1350. The standard InChI is InChI=1S/C26H22FN5O2S/c1-17-14-20(16-30-23(17)28-2)31-24(33)26(9-3-10-26)32(25(31)35)19-4-5-22(21(27)15-19)34-13-8-18-6-11-29-12-7-18/h4-7,11-12,14-16H,3,8-10,13H2,1H3. The van der Waals surface area contributed by atoms with Gasteiger partial charge in [-0.05, 0) is 79.9 Å². The molecule has 1 aromatic carbocycles. The molecule has 3 aromatic rings. The second-order valence-electron chi connectivity index (χ2n) is 8.66. The number of rotatable bonds is 6. The number of thiocarbonyl (C=S) groups is 1. The van der Waals surface area contributed by atoms with Crippen molar-refractivity contribution in [2.75, 3.05) is 16.4 Å². The van der Waals surface area contributed by atoms with Crippen LogP contribution in [0.4, 0.5) is 21.6 Å². The van der Waals surface area contributed by atoms with E-state index in [1.807, 2.05) is 12.1 Å². The second kappa shape index (κ2) is 9.04. The summed E-state index contributed by atoms with van der Waals surface area (Å²) < 4.78 is 20.7. The molecule has 35 heavy (non-hydrogen) atoms. The minimum Gasteiger partial charge on any atom is -0.490 e. The number of anilines is 2. The topological polar surface area (TPSA) is 62.9 Å². The number of benzene rings is 1. The summed E-state index contributed by atoms with van der Waals surface area (Å²) in [7, 11) is 0. The summed E-state index contributed by atoms with van der Waals surface area (Å²) in [4.78, 5) is 28.3. The van der Waals surface area contributed by atoms with Crippen LogP contribution in [0.25, 0.3) is 4.85 Å². The Kier molecular flexibility index (Phi) is 5.91. The lowest BCUT2D eigenvalue weighted by Crippen LogP contribution is -2.55. The van der Waals surface area contributed by atoms with Gasteiger partial charge in [-0.2, -0.15) is 0 Å². The molecule has 2 aliphatic rings. The van der Waals surface area contributed by atoms with Crippen LogP contribution in [0.3, 0.4) is 0 Å². The molecule has 1 amide bonds. The number of carbonyl (C=O) groups is 1. The minimum absolute atomic E-state index is 0.147. The first-order chi connectivity index (χ1) is 16.9. The van der Waals surface area contributed by atoms with E-state index in [4.69, 9.17) is 23.5 Å². The summed E-state index contributed by atoms with van der Waals surface area (Å²) in [6.45, 7) is 9.31. The first kappa shape index (κ1) is 22.9. The minimum atomic E-state index is -0.834. The molecule has 1 saturated heterocycles. The summed E-state index contributed by atoms with van der Waals surface area (Å²) in [6.07, 6.45) is 7.67. The fourth-order valence-electron chi connectivity index (χ4n) is 4.57. The average molecular weight is 488 g/mol. The van der Waals surface area contributed by atoms with Gasteiger partial charge in [-0.25, -0.2) is 4.39 Å². The van der Waals surface area contributed by atoms with Crippen molar-refractivity contribution >= 4 is 40.4 Å². The zero-order chi connectivity index (χ0) is 24.6. The molecule has 2 aromatic heterocycles. The van der Waals surface area contributed by atoms with E-state index in [-0.39, 0.29) is 22.6 Å². The molecule has 2 fully saturated rings. The van der Waals surface area contributed by atoms with Crippen LogP contribution >= 0.6 is 12.2 Å². The Morgan fingerprint density at radius 1 is 1.20 bits per heavy atom. The van der Waals surface area contributed by atoms with Crippen molar-refractivity contribution in [3.8, 4) is 5.75 Å². The molecule has 1 spiro atoms.